The van der Waals surface area contributed by atoms with E-state index in [4.69, 9.17) is 0 Å². The molecule has 1 aliphatic heterocycles. The van der Waals surface area contributed by atoms with Crippen LogP contribution in [0.15, 0.2) is 53.0 Å². The Hall–Kier alpha value is -2.48. The van der Waals surface area contributed by atoms with Crippen LogP contribution in [0.4, 0.5) is 13.6 Å². The van der Waals surface area contributed by atoms with Crippen molar-refractivity contribution in [3.63, 3.8) is 0 Å². The number of benzene rings is 2. The van der Waals surface area contributed by atoms with Gasteiger partial charge >= 0.3 is 12.6 Å². The lowest BCUT2D eigenvalue weighted by Gasteiger charge is -2.22. The fraction of sp³-hybridized carbons (Fsp3) is 0.222. The van der Waals surface area contributed by atoms with Gasteiger partial charge in [0.05, 0.1) is 6.54 Å². The summed E-state index contributed by atoms with van der Waals surface area (Å²) >= 11 is 3.36. The van der Waals surface area contributed by atoms with E-state index in [-0.39, 0.29) is 12.3 Å². The molecule has 1 aliphatic rings. The minimum Gasteiger partial charge on any atom is -0.435 e. The Bertz CT molecular complexity index is 845. The van der Waals surface area contributed by atoms with E-state index in [9.17, 15) is 18.4 Å². The normalized spacial score (nSPS) is 19.8. The lowest BCUT2D eigenvalue weighted by molar-refractivity contribution is -0.131. The van der Waals surface area contributed by atoms with Gasteiger partial charge in [0, 0.05) is 4.47 Å². The molecule has 0 spiro atoms. The number of hydrogen-bond acceptors (Lipinski definition) is 3. The molecule has 0 aliphatic carbocycles. The summed E-state index contributed by atoms with van der Waals surface area (Å²) in [6.07, 6.45) is 0. The summed E-state index contributed by atoms with van der Waals surface area (Å²) in [6.45, 7) is -1.21. The van der Waals surface area contributed by atoms with Crippen molar-refractivity contribution in [3.8, 4) is 5.75 Å². The number of carbonyl (C=O) groups excluding carboxylic acids is 2. The number of hydrogen-bond donors (Lipinski definition) is 1. The molecule has 1 unspecified atom stereocenters. The number of nitrogens with zero attached hydrogens (tertiary/aromatic N) is 1. The molecule has 0 bridgehead atoms. The second-order valence-corrected chi connectivity index (χ2v) is 6.89. The number of halogens is 3. The monoisotopic (exact) mass is 424 g/mol. The highest BCUT2D eigenvalue weighted by Crippen LogP contribution is 2.31. The zero-order valence-corrected chi connectivity index (χ0v) is 15.3. The van der Waals surface area contributed by atoms with E-state index in [0.717, 1.165) is 14.9 Å². The van der Waals surface area contributed by atoms with Gasteiger partial charge in [0.15, 0.2) is 0 Å². The maximum Gasteiger partial charge on any atom is 0.387 e. The molecule has 1 N–H and O–H groups in total. The summed E-state index contributed by atoms with van der Waals surface area (Å²) in [7, 11) is 0. The fourth-order valence-electron chi connectivity index (χ4n) is 2.82. The van der Waals surface area contributed by atoms with Crippen LogP contribution in [0, 0.1) is 0 Å². The highest BCUT2D eigenvalue weighted by molar-refractivity contribution is 9.10. The van der Waals surface area contributed by atoms with Crippen molar-refractivity contribution < 1.29 is 23.1 Å². The first kappa shape index (κ1) is 18.3. The molecular weight excluding hydrogens is 410 g/mol. The number of ether oxygens (including phenoxy) is 1. The van der Waals surface area contributed by atoms with Crippen LogP contribution < -0.4 is 10.1 Å². The van der Waals surface area contributed by atoms with Crippen LogP contribution in [0.25, 0.3) is 0 Å². The van der Waals surface area contributed by atoms with Crippen LogP contribution in [0.1, 0.15) is 18.1 Å². The zero-order chi connectivity index (χ0) is 18.9. The Labute approximate surface area is 157 Å². The van der Waals surface area contributed by atoms with Crippen molar-refractivity contribution >= 4 is 27.9 Å². The van der Waals surface area contributed by atoms with E-state index in [2.05, 4.69) is 26.0 Å². The van der Waals surface area contributed by atoms with Crippen LogP contribution in [0.3, 0.4) is 0 Å². The Balaban J connectivity index is 1.82. The Morgan fingerprint density at radius 3 is 2.50 bits per heavy atom. The Morgan fingerprint density at radius 1 is 1.19 bits per heavy atom. The zero-order valence-electron chi connectivity index (χ0n) is 13.7. The van der Waals surface area contributed by atoms with Crippen LogP contribution in [0.5, 0.6) is 5.75 Å². The first-order chi connectivity index (χ1) is 12.3. The average molecular weight is 425 g/mol. The fourth-order valence-corrected chi connectivity index (χ4v) is 3.27. The summed E-state index contributed by atoms with van der Waals surface area (Å²) in [6, 6.07) is 12.4. The Morgan fingerprint density at radius 2 is 1.88 bits per heavy atom. The first-order valence-electron chi connectivity index (χ1n) is 7.73. The molecular formula is C18H15BrF2N2O3. The third-order valence-corrected chi connectivity index (χ3v) is 4.65. The molecule has 3 amide bonds. The molecule has 0 aromatic heterocycles. The van der Waals surface area contributed by atoms with Gasteiger partial charge in [0.25, 0.3) is 5.91 Å². The van der Waals surface area contributed by atoms with E-state index in [1.165, 1.54) is 24.3 Å². The van der Waals surface area contributed by atoms with Crippen molar-refractivity contribution in [2.45, 2.75) is 25.6 Å². The number of nitrogens with one attached hydrogen (secondary N) is 1. The van der Waals surface area contributed by atoms with Gasteiger partial charge < -0.3 is 10.1 Å². The van der Waals surface area contributed by atoms with Crippen LogP contribution >= 0.6 is 15.9 Å². The minimum atomic E-state index is -2.93. The Kier molecular flexibility index (Phi) is 4.95. The number of amides is 3. The van der Waals surface area contributed by atoms with Gasteiger partial charge in [0.1, 0.15) is 11.3 Å². The smallest absolute Gasteiger partial charge is 0.387 e. The van der Waals surface area contributed by atoms with Gasteiger partial charge in [-0.1, -0.05) is 40.2 Å². The number of imide groups is 1. The van der Waals surface area contributed by atoms with Crippen molar-refractivity contribution in [1.82, 2.24) is 10.2 Å². The number of carbonyl (C=O) groups is 2. The summed E-state index contributed by atoms with van der Waals surface area (Å²) in [5.41, 5.74) is 0.00827. The number of rotatable bonds is 5. The highest BCUT2D eigenvalue weighted by atomic mass is 79.9. The van der Waals surface area contributed by atoms with E-state index in [1.54, 1.807) is 6.92 Å². The predicted octanol–water partition coefficient (Wildman–Crippen LogP) is 4.02. The molecule has 136 valence electrons. The molecule has 1 saturated heterocycles. The molecule has 8 heteroatoms. The van der Waals surface area contributed by atoms with Gasteiger partial charge in [-0.3, -0.25) is 9.69 Å². The molecule has 26 heavy (non-hydrogen) atoms. The number of alkyl halides is 2. The predicted molar refractivity (Wildman–Crippen MR) is 93.6 cm³/mol. The highest BCUT2D eigenvalue weighted by Gasteiger charge is 2.48. The quantitative estimate of drug-likeness (QED) is 0.737. The summed E-state index contributed by atoms with van der Waals surface area (Å²) in [5.74, 6) is -0.430. The minimum absolute atomic E-state index is 0.0184. The molecule has 0 radical (unpaired) electrons. The van der Waals surface area contributed by atoms with E-state index in [0.29, 0.717) is 5.56 Å². The van der Waals surface area contributed by atoms with E-state index < -0.39 is 24.1 Å². The second-order valence-electron chi connectivity index (χ2n) is 5.98. The van der Waals surface area contributed by atoms with E-state index in [1.807, 2.05) is 24.3 Å². The van der Waals surface area contributed by atoms with Crippen LogP contribution in [-0.2, 0) is 16.9 Å². The van der Waals surface area contributed by atoms with Crippen LogP contribution in [-0.4, -0.2) is 23.4 Å². The third kappa shape index (κ3) is 3.55. The topological polar surface area (TPSA) is 58.6 Å². The molecule has 1 fully saturated rings. The summed E-state index contributed by atoms with van der Waals surface area (Å²) in [4.78, 5) is 26.3. The SMILES string of the molecule is CC1(c2ccc(OC(F)F)cc2)NC(=O)N(Cc2cccc(Br)c2)C1=O. The molecule has 2 aromatic rings. The molecule has 0 saturated carbocycles. The lowest BCUT2D eigenvalue weighted by atomic mass is 9.92. The average Bonchev–Trinajstić information content (AvgIpc) is 2.79. The van der Waals surface area contributed by atoms with Crippen molar-refractivity contribution in [2.75, 3.05) is 0 Å². The third-order valence-electron chi connectivity index (χ3n) is 4.16. The number of urea groups is 1. The second kappa shape index (κ2) is 7.03. The molecule has 3 rings (SSSR count). The molecule has 2 aromatic carbocycles. The van der Waals surface area contributed by atoms with Gasteiger partial charge in [-0.05, 0) is 42.3 Å². The van der Waals surface area contributed by atoms with Gasteiger partial charge in [0.2, 0.25) is 0 Å². The van der Waals surface area contributed by atoms with E-state index >= 15 is 0 Å². The van der Waals surface area contributed by atoms with Gasteiger partial charge in [-0.15, -0.1) is 0 Å². The largest absolute Gasteiger partial charge is 0.435 e. The first-order valence-corrected chi connectivity index (χ1v) is 8.53. The van der Waals surface area contributed by atoms with Crippen molar-refractivity contribution in [3.05, 3.63) is 64.1 Å². The van der Waals surface area contributed by atoms with Gasteiger partial charge in [-0.2, -0.15) is 8.78 Å². The van der Waals surface area contributed by atoms with Crippen LogP contribution in [0.2, 0.25) is 0 Å². The maximum absolute atomic E-state index is 12.9. The van der Waals surface area contributed by atoms with Crippen molar-refractivity contribution in [1.29, 1.82) is 0 Å². The van der Waals surface area contributed by atoms with Crippen molar-refractivity contribution in [2.24, 2.45) is 0 Å². The lowest BCUT2D eigenvalue weighted by Crippen LogP contribution is -2.40. The molecule has 5 nitrogen and oxygen atoms in total. The van der Waals surface area contributed by atoms with Gasteiger partial charge in [-0.25, -0.2) is 4.79 Å². The summed E-state index contributed by atoms with van der Waals surface area (Å²) in [5, 5.41) is 2.68. The standard InChI is InChI=1S/C18H15BrF2N2O3/c1-18(12-5-7-14(8-6-12)26-16(20)21)15(24)23(17(25)22-18)10-11-3-2-4-13(19)9-11/h2-9,16H,10H2,1H3,(H,22,25). The molecule has 1 heterocycles. The molecule has 1 atom stereocenters. The summed E-state index contributed by atoms with van der Waals surface area (Å²) < 4.78 is 29.7. The maximum atomic E-state index is 12.9.